The standard InChI is InChI=1S/C6H9N3O5/c7-2-6(14)8-4(12)5(13)9(6)1-3(10)11/h14H,1-2,7H2,(H2,8,10,11,12)/p+1/t6-/m0/s1. The molecule has 0 saturated carbocycles. The van der Waals surface area contributed by atoms with Crippen LogP contribution >= 0.6 is 0 Å². The summed E-state index contributed by atoms with van der Waals surface area (Å²) in [4.78, 5) is 21.2. The van der Waals surface area contributed by atoms with Gasteiger partial charge in [-0.1, -0.05) is 0 Å². The molecule has 0 fully saturated rings. The summed E-state index contributed by atoms with van der Waals surface area (Å²) < 4.78 is 0.581. The number of nitrogens with one attached hydrogen (secondary N) is 1. The van der Waals surface area contributed by atoms with Crippen molar-refractivity contribution in [2.75, 3.05) is 13.1 Å². The average Bonchev–Trinajstić information content (AvgIpc) is 2.30. The Labute approximate surface area is 78.3 Å². The second kappa shape index (κ2) is 3.24. The summed E-state index contributed by atoms with van der Waals surface area (Å²) in [6.07, 6.45) is 0. The van der Waals surface area contributed by atoms with Gasteiger partial charge < -0.3 is 21.1 Å². The number of carboxylic acids is 1. The van der Waals surface area contributed by atoms with Crippen LogP contribution in [0.2, 0.25) is 0 Å². The van der Waals surface area contributed by atoms with Gasteiger partial charge in [0.1, 0.15) is 6.54 Å². The summed E-state index contributed by atoms with van der Waals surface area (Å²) in [7, 11) is 0. The monoisotopic (exact) mass is 204 g/mol. The summed E-state index contributed by atoms with van der Waals surface area (Å²) in [5.74, 6) is -5.15. The Morgan fingerprint density at radius 3 is 2.64 bits per heavy atom. The second-order valence-electron chi connectivity index (χ2n) is 2.78. The molecule has 8 heteroatoms. The van der Waals surface area contributed by atoms with Gasteiger partial charge in [0.2, 0.25) is 6.54 Å². The van der Waals surface area contributed by atoms with E-state index in [9.17, 15) is 14.7 Å². The van der Waals surface area contributed by atoms with Crippen molar-refractivity contribution in [3.8, 4) is 0 Å². The fraction of sp³-hybridized carbons (Fsp3) is 0.500. The number of nitrogens with zero attached hydrogens (tertiary/aromatic N) is 1. The van der Waals surface area contributed by atoms with Crippen molar-refractivity contribution in [2.45, 2.75) is 5.85 Å². The smallest absolute Gasteiger partial charge is 0.432 e. The summed E-state index contributed by atoms with van der Waals surface area (Å²) in [5, 5.41) is 29.1. The van der Waals surface area contributed by atoms with Crippen LogP contribution in [0.3, 0.4) is 0 Å². The predicted octanol–water partition coefficient (Wildman–Crippen LogP) is -3.23. The molecule has 1 atom stereocenters. The van der Waals surface area contributed by atoms with Gasteiger partial charge in [-0.3, -0.25) is 10.1 Å². The van der Waals surface area contributed by atoms with Crippen molar-refractivity contribution in [1.82, 2.24) is 5.32 Å². The molecule has 1 rings (SSSR count). The van der Waals surface area contributed by atoms with Gasteiger partial charge in [0.05, 0.1) is 0 Å². The Bertz CT molecular complexity index is 325. The van der Waals surface area contributed by atoms with Crippen LogP contribution in [0.5, 0.6) is 0 Å². The van der Waals surface area contributed by atoms with Gasteiger partial charge in [0.25, 0.3) is 0 Å². The zero-order valence-corrected chi connectivity index (χ0v) is 7.10. The van der Waals surface area contributed by atoms with Crippen LogP contribution in [-0.2, 0) is 9.59 Å². The predicted molar refractivity (Wildman–Crippen MR) is 42.5 cm³/mol. The molecule has 0 radical (unpaired) electrons. The van der Waals surface area contributed by atoms with E-state index in [2.05, 4.69) is 0 Å². The van der Waals surface area contributed by atoms with Gasteiger partial charge >= 0.3 is 23.6 Å². The first-order chi connectivity index (χ1) is 6.40. The van der Waals surface area contributed by atoms with E-state index >= 15 is 0 Å². The maximum absolute atomic E-state index is 10.9. The minimum atomic E-state index is -2.03. The summed E-state index contributed by atoms with van der Waals surface area (Å²) in [6, 6.07) is 0. The lowest BCUT2D eigenvalue weighted by atomic mass is 10.4. The average molecular weight is 204 g/mol. The van der Waals surface area contributed by atoms with E-state index in [0.717, 1.165) is 0 Å². The third-order valence-electron chi connectivity index (χ3n) is 1.80. The zero-order valence-electron chi connectivity index (χ0n) is 7.10. The summed E-state index contributed by atoms with van der Waals surface area (Å²) in [5.41, 5.74) is 5.13. The highest BCUT2D eigenvalue weighted by atomic mass is 16.4. The van der Waals surface area contributed by atoms with E-state index < -0.39 is 36.7 Å². The van der Waals surface area contributed by atoms with Crippen LogP contribution in [0.4, 0.5) is 0 Å². The SMILES string of the molecule is NC[C@]1(O)NC(=O)C(O)=[N+]1CC(=O)O. The molecule has 0 aromatic rings. The van der Waals surface area contributed by atoms with Gasteiger partial charge in [-0.25, -0.2) is 4.79 Å². The molecule has 6 N–H and O–H groups in total. The molecule has 1 amide bonds. The minimum absolute atomic E-state index is 0.434. The molecule has 8 nitrogen and oxygen atoms in total. The topological polar surface area (TPSA) is 136 Å². The van der Waals surface area contributed by atoms with E-state index in [1.54, 1.807) is 0 Å². The minimum Gasteiger partial charge on any atom is -0.477 e. The van der Waals surface area contributed by atoms with E-state index in [0.29, 0.717) is 4.58 Å². The van der Waals surface area contributed by atoms with Gasteiger partial charge in [-0.2, -0.15) is 0 Å². The largest absolute Gasteiger partial charge is 0.477 e. The molecular formula is C6H10N3O5+. The molecule has 1 heterocycles. The molecule has 0 unspecified atom stereocenters. The molecule has 1 aliphatic rings. The van der Waals surface area contributed by atoms with Crippen molar-refractivity contribution in [3.05, 3.63) is 0 Å². The number of amides is 1. The fourth-order valence-electron chi connectivity index (χ4n) is 1.11. The zero-order chi connectivity index (χ0) is 10.9. The van der Waals surface area contributed by atoms with Crippen molar-refractivity contribution in [1.29, 1.82) is 0 Å². The van der Waals surface area contributed by atoms with Crippen LogP contribution in [0.15, 0.2) is 0 Å². The molecule has 78 valence electrons. The van der Waals surface area contributed by atoms with E-state index in [4.69, 9.17) is 15.9 Å². The van der Waals surface area contributed by atoms with E-state index in [1.807, 2.05) is 5.32 Å². The molecule has 1 aliphatic heterocycles. The molecule has 0 bridgehead atoms. The first-order valence-electron chi connectivity index (χ1n) is 3.71. The third-order valence-corrected chi connectivity index (χ3v) is 1.80. The quantitative estimate of drug-likeness (QED) is 0.307. The van der Waals surface area contributed by atoms with Gasteiger partial charge in [-0.15, -0.1) is 4.58 Å². The van der Waals surface area contributed by atoms with Crippen LogP contribution in [0.1, 0.15) is 0 Å². The molecule has 0 aromatic carbocycles. The lowest BCUT2D eigenvalue weighted by Crippen LogP contribution is -2.56. The Morgan fingerprint density at radius 2 is 2.21 bits per heavy atom. The van der Waals surface area contributed by atoms with E-state index in [1.165, 1.54) is 0 Å². The number of hydrogen-bond acceptors (Lipinski definition) is 4. The molecule has 0 saturated heterocycles. The molecule has 0 spiro atoms. The number of nitrogens with two attached hydrogens (primary N) is 1. The molecule has 0 aliphatic carbocycles. The Morgan fingerprint density at radius 1 is 1.64 bits per heavy atom. The Kier molecular flexibility index (Phi) is 2.41. The first kappa shape index (κ1) is 10.4. The third kappa shape index (κ3) is 1.52. The van der Waals surface area contributed by atoms with Crippen LogP contribution < -0.4 is 11.1 Å². The van der Waals surface area contributed by atoms with Crippen molar-refractivity contribution in [2.24, 2.45) is 5.73 Å². The first-order valence-corrected chi connectivity index (χ1v) is 3.71. The maximum atomic E-state index is 10.9. The Hall–Kier alpha value is -1.67. The van der Waals surface area contributed by atoms with Crippen molar-refractivity contribution >= 4 is 17.8 Å². The highest BCUT2D eigenvalue weighted by Gasteiger charge is 2.52. The fourth-order valence-corrected chi connectivity index (χ4v) is 1.11. The van der Waals surface area contributed by atoms with Gasteiger partial charge in [-0.05, 0) is 0 Å². The number of hydrogen-bond donors (Lipinski definition) is 5. The number of aliphatic carboxylic acids is 1. The highest BCUT2D eigenvalue weighted by molar-refractivity contribution is 6.33. The van der Waals surface area contributed by atoms with Crippen molar-refractivity contribution < 1.29 is 29.5 Å². The van der Waals surface area contributed by atoms with E-state index in [-0.39, 0.29) is 0 Å². The van der Waals surface area contributed by atoms with Crippen molar-refractivity contribution in [3.63, 3.8) is 0 Å². The van der Waals surface area contributed by atoms with Crippen LogP contribution in [0.25, 0.3) is 0 Å². The maximum Gasteiger partial charge on any atom is 0.432 e. The number of aliphatic hydroxyl groups is 2. The number of carbonyl (C=O) groups is 2. The number of aliphatic hydroxyl groups excluding tert-OH is 1. The van der Waals surface area contributed by atoms with Gasteiger partial charge in [0, 0.05) is 0 Å². The Balaban J connectivity index is 3.05. The number of carboxylic acid groups (broad SMARTS) is 1. The van der Waals surface area contributed by atoms with Crippen LogP contribution in [-0.4, -0.2) is 56.6 Å². The molecule has 14 heavy (non-hydrogen) atoms. The summed E-state index contributed by atoms with van der Waals surface area (Å²) >= 11 is 0. The molecular weight excluding hydrogens is 194 g/mol. The highest BCUT2D eigenvalue weighted by Crippen LogP contribution is 2.07. The van der Waals surface area contributed by atoms with Crippen LogP contribution in [0, 0.1) is 0 Å². The number of rotatable bonds is 3. The lowest BCUT2D eigenvalue weighted by Gasteiger charge is -2.15. The normalized spacial score (nSPS) is 26.6. The number of carbonyl (C=O) groups excluding carboxylic acids is 1. The van der Waals surface area contributed by atoms with Gasteiger partial charge in [0.15, 0.2) is 0 Å². The lowest BCUT2D eigenvalue weighted by molar-refractivity contribution is -0.650. The second-order valence-corrected chi connectivity index (χ2v) is 2.78. The molecule has 0 aromatic heterocycles. The summed E-state index contributed by atoms with van der Waals surface area (Å²) in [6.45, 7) is -1.16.